The predicted molar refractivity (Wildman–Crippen MR) is 107 cm³/mol. The van der Waals surface area contributed by atoms with E-state index in [0.717, 1.165) is 17.8 Å². The quantitative estimate of drug-likeness (QED) is 0.554. The second-order valence-corrected chi connectivity index (χ2v) is 8.89. The van der Waals surface area contributed by atoms with Gasteiger partial charge in [0.1, 0.15) is 0 Å². The molecule has 136 valence electrons. The van der Waals surface area contributed by atoms with Gasteiger partial charge in [-0.25, -0.2) is 0 Å². The molecule has 0 amide bonds. The second kappa shape index (κ2) is 9.61. The first kappa shape index (κ1) is 19.5. The largest absolute Gasteiger partial charge is 0.303 e. The van der Waals surface area contributed by atoms with Crippen LogP contribution in [0.1, 0.15) is 77.3 Å². The molecule has 2 unspecified atom stereocenters. The van der Waals surface area contributed by atoms with Gasteiger partial charge in [-0.2, -0.15) is 0 Å². The van der Waals surface area contributed by atoms with Crippen molar-refractivity contribution in [2.45, 2.75) is 72.6 Å². The molecule has 0 aliphatic carbocycles. The van der Waals surface area contributed by atoms with Crippen LogP contribution in [0, 0.1) is 17.8 Å². The van der Waals surface area contributed by atoms with Crippen LogP contribution in [-0.2, 0) is 6.42 Å². The summed E-state index contributed by atoms with van der Waals surface area (Å²) < 4.78 is 0. The van der Waals surface area contributed by atoms with Crippen molar-refractivity contribution in [1.29, 1.82) is 0 Å². The molecule has 0 saturated carbocycles. The zero-order valence-electron chi connectivity index (χ0n) is 16.7. The Labute approximate surface area is 150 Å². The molecular formula is C23H39N. The lowest BCUT2D eigenvalue weighted by Gasteiger charge is -2.29. The van der Waals surface area contributed by atoms with Crippen LogP contribution >= 0.6 is 0 Å². The molecule has 0 spiro atoms. The number of hydrogen-bond acceptors (Lipinski definition) is 1. The Morgan fingerprint density at radius 1 is 0.875 bits per heavy atom. The van der Waals surface area contributed by atoms with E-state index in [1.54, 1.807) is 0 Å². The van der Waals surface area contributed by atoms with Crippen molar-refractivity contribution in [3.05, 3.63) is 35.4 Å². The first-order valence-electron chi connectivity index (χ1n) is 10.3. The van der Waals surface area contributed by atoms with Gasteiger partial charge in [-0.1, -0.05) is 65.3 Å². The lowest BCUT2D eigenvalue weighted by Crippen LogP contribution is -2.34. The molecule has 1 saturated heterocycles. The maximum atomic E-state index is 2.67. The molecule has 1 nitrogen and oxygen atoms in total. The first-order valence-corrected chi connectivity index (χ1v) is 10.3. The Hall–Kier alpha value is -0.820. The Balaban J connectivity index is 1.90. The Morgan fingerprint density at radius 3 is 2.04 bits per heavy atom. The topological polar surface area (TPSA) is 3.24 Å². The molecule has 2 atom stereocenters. The van der Waals surface area contributed by atoms with Crippen LogP contribution in [-0.4, -0.2) is 24.5 Å². The smallest absolute Gasteiger partial charge is 0.00102 e. The van der Waals surface area contributed by atoms with Gasteiger partial charge >= 0.3 is 0 Å². The minimum atomic E-state index is 0.699. The highest BCUT2D eigenvalue weighted by Gasteiger charge is 2.18. The van der Waals surface area contributed by atoms with E-state index in [4.69, 9.17) is 0 Å². The van der Waals surface area contributed by atoms with Crippen LogP contribution in [0.5, 0.6) is 0 Å². The minimum absolute atomic E-state index is 0.699. The summed E-state index contributed by atoms with van der Waals surface area (Å²) in [6.45, 7) is 15.7. The Bertz CT molecular complexity index is 453. The Kier molecular flexibility index (Phi) is 7.81. The Morgan fingerprint density at radius 2 is 1.50 bits per heavy atom. The van der Waals surface area contributed by atoms with Crippen molar-refractivity contribution in [2.24, 2.45) is 17.8 Å². The van der Waals surface area contributed by atoms with Crippen LogP contribution in [0.4, 0.5) is 0 Å². The van der Waals surface area contributed by atoms with Crippen LogP contribution in [0.15, 0.2) is 24.3 Å². The van der Waals surface area contributed by atoms with Crippen LogP contribution in [0.25, 0.3) is 0 Å². The van der Waals surface area contributed by atoms with Gasteiger partial charge in [-0.15, -0.1) is 0 Å². The van der Waals surface area contributed by atoms with Gasteiger partial charge < -0.3 is 4.90 Å². The van der Waals surface area contributed by atoms with E-state index in [0.29, 0.717) is 5.92 Å². The fourth-order valence-electron chi connectivity index (χ4n) is 4.25. The number of rotatable bonds is 8. The number of nitrogens with zero attached hydrogens (tertiary/aromatic N) is 1. The molecule has 1 fully saturated rings. The number of piperidine rings is 1. The molecule has 1 heterocycles. The fourth-order valence-corrected chi connectivity index (χ4v) is 4.25. The first-order chi connectivity index (χ1) is 11.5. The van der Waals surface area contributed by atoms with E-state index in [-0.39, 0.29) is 0 Å². The third kappa shape index (κ3) is 6.24. The number of benzene rings is 1. The van der Waals surface area contributed by atoms with Crippen molar-refractivity contribution in [3.8, 4) is 0 Å². The summed E-state index contributed by atoms with van der Waals surface area (Å²) in [6.07, 6.45) is 6.73. The highest BCUT2D eigenvalue weighted by molar-refractivity contribution is 5.26. The molecule has 0 N–H and O–H groups in total. The third-order valence-corrected chi connectivity index (χ3v) is 5.54. The van der Waals surface area contributed by atoms with E-state index in [1.807, 2.05) is 0 Å². The summed E-state index contributed by atoms with van der Waals surface area (Å²) in [5.74, 6) is 2.94. The summed E-state index contributed by atoms with van der Waals surface area (Å²) in [5, 5.41) is 0. The molecule has 1 heteroatoms. The molecule has 0 aromatic heterocycles. The third-order valence-electron chi connectivity index (χ3n) is 5.54. The lowest BCUT2D eigenvalue weighted by molar-refractivity contribution is 0.200. The van der Waals surface area contributed by atoms with E-state index in [2.05, 4.69) is 63.8 Å². The van der Waals surface area contributed by atoms with Crippen LogP contribution < -0.4 is 0 Å². The number of hydrogen-bond donors (Lipinski definition) is 0. The molecule has 2 rings (SSSR count). The second-order valence-electron chi connectivity index (χ2n) is 8.89. The van der Waals surface area contributed by atoms with Gasteiger partial charge in [0, 0.05) is 6.54 Å². The van der Waals surface area contributed by atoms with Crippen molar-refractivity contribution in [3.63, 3.8) is 0 Å². The van der Waals surface area contributed by atoms with E-state index in [9.17, 15) is 0 Å². The zero-order chi connectivity index (χ0) is 17.5. The van der Waals surface area contributed by atoms with Crippen molar-refractivity contribution >= 4 is 0 Å². The monoisotopic (exact) mass is 329 g/mol. The van der Waals surface area contributed by atoms with Crippen molar-refractivity contribution in [2.75, 3.05) is 19.6 Å². The average Bonchev–Trinajstić information content (AvgIpc) is 2.54. The van der Waals surface area contributed by atoms with Gasteiger partial charge in [0.2, 0.25) is 0 Å². The summed E-state index contributed by atoms with van der Waals surface area (Å²) in [6, 6.07) is 9.57. The maximum absolute atomic E-state index is 2.67. The SMILES string of the molecule is CC(C)CC(c1ccc(CC(C)CN2CCCCC2)cc1)C(C)C. The van der Waals surface area contributed by atoms with Gasteiger partial charge in [0.25, 0.3) is 0 Å². The highest BCUT2D eigenvalue weighted by atomic mass is 15.1. The van der Waals surface area contributed by atoms with Gasteiger partial charge in [-0.05, 0) is 73.6 Å². The van der Waals surface area contributed by atoms with Crippen molar-refractivity contribution < 1.29 is 0 Å². The van der Waals surface area contributed by atoms with Gasteiger partial charge in [0.05, 0.1) is 0 Å². The summed E-state index contributed by atoms with van der Waals surface area (Å²) >= 11 is 0. The molecule has 0 bridgehead atoms. The molecule has 1 aromatic rings. The standard InChI is InChI=1S/C23H39N/c1-18(2)15-23(19(3)4)22-11-9-21(10-12-22)16-20(5)17-24-13-7-6-8-14-24/h9-12,18-20,23H,6-8,13-17H2,1-5H3. The summed E-state index contributed by atoms with van der Waals surface area (Å²) in [7, 11) is 0. The molecule has 1 aliphatic rings. The predicted octanol–water partition coefficient (Wildman–Crippen LogP) is 6.14. The molecule has 0 radical (unpaired) electrons. The number of likely N-dealkylation sites (tertiary alicyclic amines) is 1. The van der Waals surface area contributed by atoms with Crippen LogP contribution in [0.3, 0.4) is 0 Å². The normalized spacial score (nSPS) is 19.0. The van der Waals surface area contributed by atoms with Gasteiger partial charge in [-0.3, -0.25) is 0 Å². The lowest BCUT2D eigenvalue weighted by atomic mass is 9.82. The van der Waals surface area contributed by atoms with Crippen molar-refractivity contribution in [1.82, 2.24) is 4.90 Å². The highest BCUT2D eigenvalue weighted by Crippen LogP contribution is 2.31. The van der Waals surface area contributed by atoms with E-state index < -0.39 is 0 Å². The average molecular weight is 330 g/mol. The minimum Gasteiger partial charge on any atom is -0.303 e. The zero-order valence-corrected chi connectivity index (χ0v) is 16.7. The summed E-state index contributed by atoms with van der Waals surface area (Å²) in [4.78, 5) is 2.67. The molecule has 1 aliphatic heterocycles. The summed E-state index contributed by atoms with van der Waals surface area (Å²) in [5.41, 5.74) is 3.04. The van der Waals surface area contributed by atoms with Gasteiger partial charge in [0.15, 0.2) is 0 Å². The van der Waals surface area contributed by atoms with E-state index in [1.165, 1.54) is 62.9 Å². The molecule has 1 aromatic carbocycles. The van der Waals surface area contributed by atoms with E-state index >= 15 is 0 Å². The van der Waals surface area contributed by atoms with Crippen LogP contribution in [0.2, 0.25) is 0 Å². The fraction of sp³-hybridized carbons (Fsp3) is 0.739. The maximum Gasteiger partial charge on any atom is 0.00102 e. The molecule has 24 heavy (non-hydrogen) atoms. The molecular weight excluding hydrogens is 290 g/mol.